The standard InChI is InChI=1S/C18H21FN4O3/c1-18(2,3)26-17(24)23-7-6-12-15(9-23)21-10-22-16(12)25-11-4-5-14(20)13(19)8-11/h4-5,8,10H,6-7,9,20H2,1-3H3. The SMILES string of the molecule is CC(C)(C)OC(=O)N1CCc2c(ncnc2Oc2ccc(N)c(F)c2)C1. The van der Waals surface area contributed by atoms with Gasteiger partial charge in [0.15, 0.2) is 0 Å². The number of amides is 1. The van der Waals surface area contributed by atoms with Crippen LogP contribution in [0.25, 0.3) is 0 Å². The average Bonchev–Trinajstić information content (AvgIpc) is 2.56. The lowest BCUT2D eigenvalue weighted by atomic mass is 10.1. The first-order chi connectivity index (χ1) is 12.2. The van der Waals surface area contributed by atoms with E-state index in [4.69, 9.17) is 15.2 Å². The molecule has 2 N–H and O–H groups in total. The first-order valence-electron chi connectivity index (χ1n) is 8.26. The van der Waals surface area contributed by atoms with E-state index in [2.05, 4.69) is 9.97 Å². The molecule has 0 aliphatic carbocycles. The number of nitrogen functional groups attached to an aromatic ring is 1. The number of fused-ring (bicyclic) bond motifs is 1. The van der Waals surface area contributed by atoms with Gasteiger partial charge in [0.2, 0.25) is 5.88 Å². The third-order valence-electron chi connectivity index (χ3n) is 3.81. The normalized spacial score (nSPS) is 13.9. The van der Waals surface area contributed by atoms with E-state index in [-0.39, 0.29) is 11.8 Å². The lowest BCUT2D eigenvalue weighted by molar-refractivity contribution is 0.0219. The molecule has 1 amide bonds. The van der Waals surface area contributed by atoms with Gasteiger partial charge in [-0.15, -0.1) is 0 Å². The molecule has 0 unspecified atom stereocenters. The molecular weight excluding hydrogens is 339 g/mol. The number of carbonyl (C=O) groups excluding carboxylic acids is 1. The van der Waals surface area contributed by atoms with E-state index >= 15 is 0 Å². The summed E-state index contributed by atoms with van der Waals surface area (Å²) in [6, 6.07) is 4.21. The van der Waals surface area contributed by atoms with Gasteiger partial charge in [-0.1, -0.05) is 0 Å². The van der Waals surface area contributed by atoms with Gasteiger partial charge in [-0.05, 0) is 39.3 Å². The number of ether oxygens (including phenoxy) is 2. The van der Waals surface area contributed by atoms with Crippen LogP contribution in [0, 0.1) is 5.82 Å². The topological polar surface area (TPSA) is 90.6 Å². The summed E-state index contributed by atoms with van der Waals surface area (Å²) in [5.41, 5.74) is 6.45. The molecule has 8 heteroatoms. The van der Waals surface area contributed by atoms with Crippen LogP contribution in [0.1, 0.15) is 32.0 Å². The Morgan fingerprint density at radius 3 is 2.77 bits per heavy atom. The third kappa shape index (κ3) is 4.01. The molecule has 1 aromatic carbocycles. The minimum atomic E-state index is -0.559. The maximum Gasteiger partial charge on any atom is 0.410 e. The van der Waals surface area contributed by atoms with Crippen LogP contribution in [-0.2, 0) is 17.7 Å². The van der Waals surface area contributed by atoms with Crippen LogP contribution < -0.4 is 10.5 Å². The van der Waals surface area contributed by atoms with Gasteiger partial charge in [0.25, 0.3) is 0 Å². The maximum atomic E-state index is 13.6. The van der Waals surface area contributed by atoms with Gasteiger partial charge in [-0.2, -0.15) is 0 Å². The van der Waals surface area contributed by atoms with E-state index in [1.807, 2.05) is 20.8 Å². The number of hydrogen-bond acceptors (Lipinski definition) is 6. The Hall–Kier alpha value is -2.90. The fourth-order valence-corrected chi connectivity index (χ4v) is 2.58. The predicted octanol–water partition coefficient (Wildman–Crippen LogP) is 3.28. The van der Waals surface area contributed by atoms with Gasteiger partial charge in [0.05, 0.1) is 17.9 Å². The van der Waals surface area contributed by atoms with Crippen molar-refractivity contribution in [2.45, 2.75) is 39.3 Å². The van der Waals surface area contributed by atoms with Crippen molar-refractivity contribution in [2.24, 2.45) is 0 Å². The molecule has 3 rings (SSSR count). The molecular formula is C18H21FN4O3. The van der Waals surface area contributed by atoms with E-state index < -0.39 is 11.4 Å². The molecule has 2 aromatic rings. The first kappa shape index (κ1) is 17.9. The Labute approximate surface area is 150 Å². The van der Waals surface area contributed by atoms with Gasteiger partial charge in [-0.3, -0.25) is 0 Å². The molecule has 1 aromatic heterocycles. The molecule has 0 radical (unpaired) electrons. The fourth-order valence-electron chi connectivity index (χ4n) is 2.58. The van der Waals surface area contributed by atoms with Crippen molar-refractivity contribution in [1.82, 2.24) is 14.9 Å². The lowest BCUT2D eigenvalue weighted by Gasteiger charge is -2.30. The van der Waals surface area contributed by atoms with Crippen LogP contribution in [0.3, 0.4) is 0 Å². The molecule has 0 fully saturated rings. The molecule has 1 aliphatic rings. The summed E-state index contributed by atoms with van der Waals surface area (Å²) in [7, 11) is 0. The van der Waals surface area contributed by atoms with Gasteiger partial charge >= 0.3 is 6.09 Å². The van der Waals surface area contributed by atoms with E-state index in [0.29, 0.717) is 36.8 Å². The fraction of sp³-hybridized carbons (Fsp3) is 0.389. The quantitative estimate of drug-likeness (QED) is 0.827. The van der Waals surface area contributed by atoms with Gasteiger partial charge in [0.1, 0.15) is 23.5 Å². The Morgan fingerprint density at radius 2 is 2.08 bits per heavy atom. The van der Waals surface area contributed by atoms with Gasteiger partial charge < -0.3 is 20.1 Å². The summed E-state index contributed by atoms with van der Waals surface area (Å²) < 4.78 is 24.7. The second-order valence-corrected chi connectivity index (χ2v) is 7.04. The van der Waals surface area contributed by atoms with Crippen molar-refractivity contribution in [3.63, 3.8) is 0 Å². The molecule has 2 heterocycles. The van der Waals surface area contributed by atoms with Gasteiger partial charge in [0, 0.05) is 18.2 Å². The summed E-state index contributed by atoms with van der Waals surface area (Å²) >= 11 is 0. The number of nitrogens with zero attached hydrogens (tertiary/aromatic N) is 3. The molecule has 1 aliphatic heterocycles. The molecule has 7 nitrogen and oxygen atoms in total. The van der Waals surface area contributed by atoms with Crippen LogP contribution >= 0.6 is 0 Å². The zero-order valence-corrected chi connectivity index (χ0v) is 15.0. The lowest BCUT2D eigenvalue weighted by Crippen LogP contribution is -2.40. The van der Waals surface area contributed by atoms with Crippen molar-refractivity contribution in [1.29, 1.82) is 0 Å². The number of carbonyl (C=O) groups is 1. The van der Waals surface area contributed by atoms with E-state index in [1.165, 1.54) is 18.5 Å². The summed E-state index contributed by atoms with van der Waals surface area (Å²) in [4.78, 5) is 22.2. The summed E-state index contributed by atoms with van der Waals surface area (Å²) in [5, 5.41) is 0. The zero-order valence-electron chi connectivity index (χ0n) is 15.0. The highest BCUT2D eigenvalue weighted by Gasteiger charge is 2.28. The van der Waals surface area contributed by atoms with Crippen molar-refractivity contribution in [3.8, 4) is 11.6 Å². The molecule has 0 bridgehead atoms. The maximum absolute atomic E-state index is 13.6. The first-order valence-corrected chi connectivity index (χ1v) is 8.26. The Morgan fingerprint density at radius 1 is 1.31 bits per heavy atom. The van der Waals surface area contributed by atoms with Crippen LogP contribution in [0.4, 0.5) is 14.9 Å². The highest BCUT2D eigenvalue weighted by Crippen LogP contribution is 2.30. The number of rotatable bonds is 2. The van der Waals surface area contributed by atoms with Crippen LogP contribution in [0.15, 0.2) is 24.5 Å². The van der Waals surface area contributed by atoms with E-state index in [9.17, 15) is 9.18 Å². The molecule has 0 atom stereocenters. The molecule has 0 spiro atoms. The van der Waals surface area contributed by atoms with Crippen molar-refractivity contribution < 1.29 is 18.7 Å². The van der Waals surface area contributed by atoms with Gasteiger partial charge in [-0.25, -0.2) is 19.2 Å². The second-order valence-electron chi connectivity index (χ2n) is 7.04. The highest BCUT2D eigenvalue weighted by atomic mass is 19.1. The predicted molar refractivity (Wildman–Crippen MR) is 93.3 cm³/mol. The summed E-state index contributed by atoms with van der Waals surface area (Å²) in [5.74, 6) is 0.0942. The van der Waals surface area contributed by atoms with E-state index in [0.717, 1.165) is 5.56 Å². The zero-order chi connectivity index (χ0) is 18.9. The number of nitrogens with two attached hydrogens (primary N) is 1. The summed E-state index contributed by atoms with van der Waals surface area (Å²) in [6.07, 6.45) is 1.49. The Bertz CT molecular complexity index is 836. The minimum Gasteiger partial charge on any atom is -0.444 e. The van der Waals surface area contributed by atoms with Crippen LogP contribution in [0.5, 0.6) is 11.6 Å². The number of anilines is 1. The third-order valence-corrected chi connectivity index (χ3v) is 3.81. The molecule has 0 saturated heterocycles. The summed E-state index contributed by atoms with van der Waals surface area (Å²) in [6.45, 7) is 6.23. The number of hydrogen-bond donors (Lipinski definition) is 1. The largest absolute Gasteiger partial charge is 0.444 e. The second kappa shape index (κ2) is 6.78. The van der Waals surface area contributed by atoms with Crippen LogP contribution in [-0.4, -0.2) is 33.1 Å². The Balaban J connectivity index is 1.78. The van der Waals surface area contributed by atoms with Crippen LogP contribution in [0.2, 0.25) is 0 Å². The Kier molecular flexibility index (Phi) is 4.67. The minimum absolute atomic E-state index is 0.0510. The monoisotopic (exact) mass is 360 g/mol. The van der Waals surface area contributed by atoms with Crippen molar-refractivity contribution in [2.75, 3.05) is 12.3 Å². The molecule has 0 saturated carbocycles. The number of halogens is 1. The number of aromatic nitrogens is 2. The number of benzene rings is 1. The molecule has 138 valence electrons. The van der Waals surface area contributed by atoms with Crippen molar-refractivity contribution >= 4 is 11.8 Å². The van der Waals surface area contributed by atoms with Crippen molar-refractivity contribution in [3.05, 3.63) is 41.6 Å². The molecule has 26 heavy (non-hydrogen) atoms. The highest BCUT2D eigenvalue weighted by molar-refractivity contribution is 5.68. The average molecular weight is 360 g/mol. The smallest absolute Gasteiger partial charge is 0.410 e. The van der Waals surface area contributed by atoms with E-state index in [1.54, 1.807) is 11.0 Å².